The fraction of sp³-hybridized carbons (Fsp3) is 0.318. The lowest BCUT2D eigenvalue weighted by Crippen LogP contribution is -2.29. The number of phenolic OH excluding ortho intramolecular Hbond substituents is 1. The molecule has 1 aliphatic heterocycles. The third-order valence-electron chi connectivity index (χ3n) is 5.27. The molecule has 0 amide bonds. The second kappa shape index (κ2) is 9.28. The fourth-order valence-corrected chi connectivity index (χ4v) is 3.85. The van der Waals surface area contributed by atoms with Crippen LogP contribution in [0, 0.1) is 0 Å². The number of halogens is 1. The zero-order valence-electron chi connectivity index (χ0n) is 16.6. The first kappa shape index (κ1) is 21.8. The third-order valence-corrected chi connectivity index (χ3v) is 5.27. The van der Waals surface area contributed by atoms with Crippen LogP contribution in [0.4, 0.5) is 0 Å². The number of hydrogen-bond donors (Lipinski definition) is 3. The number of fused-ring (bicyclic) bond motifs is 1. The van der Waals surface area contributed by atoms with Crippen LogP contribution in [0.25, 0.3) is 22.3 Å². The summed E-state index contributed by atoms with van der Waals surface area (Å²) in [7, 11) is 0. The monoisotopic (exact) mass is 429 g/mol. The Bertz CT molecular complexity index is 1120. The van der Waals surface area contributed by atoms with Gasteiger partial charge in [0.15, 0.2) is 0 Å². The number of aromatic amines is 1. The Hall–Kier alpha value is -2.90. The van der Waals surface area contributed by atoms with Crippen LogP contribution in [0.15, 0.2) is 41.2 Å². The number of pyridine rings is 2. The van der Waals surface area contributed by atoms with E-state index in [1.54, 1.807) is 31.2 Å². The van der Waals surface area contributed by atoms with Crippen molar-refractivity contribution in [2.75, 3.05) is 19.7 Å². The Morgan fingerprint density at radius 3 is 2.80 bits per heavy atom. The molecule has 1 atom stereocenters. The quantitative estimate of drug-likeness (QED) is 0.549. The summed E-state index contributed by atoms with van der Waals surface area (Å²) >= 11 is 0. The first-order valence-corrected chi connectivity index (χ1v) is 9.82. The van der Waals surface area contributed by atoms with Crippen molar-refractivity contribution in [2.24, 2.45) is 0 Å². The van der Waals surface area contributed by atoms with Crippen LogP contribution >= 0.6 is 12.4 Å². The number of phenols is 1. The van der Waals surface area contributed by atoms with Crippen molar-refractivity contribution >= 4 is 29.4 Å². The maximum atomic E-state index is 12.5. The van der Waals surface area contributed by atoms with Gasteiger partial charge in [0.05, 0.1) is 12.3 Å². The van der Waals surface area contributed by atoms with Gasteiger partial charge in [-0.15, -0.1) is 12.4 Å². The van der Waals surface area contributed by atoms with Gasteiger partial charge in [-0.2, -0.15) is 0 Å². The number of piperidine rings is 1. The number of rotatable bonds is 4. The molecule has 0 radical (unpaired) electrons. The molecule has 158 valence electrons. The second-order valence-corrected chi connectivity index (χ2v) is 7.15. The average molecular weight is 430 g/mol. The highest BCUT2D eigenvalue weighted by Crippen LogP contribution is 2.34. The summed E-state index contributed by atoms with van der Waals surface area (Å²) in [5.74, 6) is -0.314. The number of carbonyl (C=O) groups excluding carboxylic acids is 1. The van der Waals surface area contributed by atoms with Gasteiger partial charge in [-0.25, -0.2) is 9.78 Å². The normalized spacial score (nSPS) is 16.1. The van der Waals surface area contributed by atoms with Crippen LogP contribution in [0.2, 0.25) is 0 Å². The molecule has 1 fully saturated rings. The summed E-state index contributed by atoms with van der Waals surface area (Å²) in [4.78, 5) is 32.0. The number of aromatic hydroxyl groups is 1. The largest absolute Gasteiger partial charge is 0.507 e. The lowest BCUT2D eigenvalue weighted by Gasteiger charge is -2.25. The third kappa shape index (κ3) is 4.17. The summed E-state index contributed by atoms with van der Waals surface area (Å²) in [6.45, 7) is 3.66. The molecule has 7 nitrogen and oxygen atoms in total. The highest BCUT2D eigenvalue weighted by Gasteiger charge is 2.22. The summed E-state index contributed by atoms with van der Waals surface area (Å²) in [6.07, 6.45) is 2.02. The van der Waals surface area contributed by atoms with E-state index >= 15 is 0 Å². The molecule has 3 N–H and O–H groups in total. The van der Waals surface area contributed by atoms with Crippen molar-refractivity contribution in [1.82, 2.24) is 15.3 Å². The topological polar surface area (TPSA) is 104 Å². The van der Waals surface area contributed by atoms with Gasteiger partial charge >= 0.3 is 5.97 Å². The van der Waals surface area contributed by atoms with Crippen molar-refractivity contribution in [3.05, 3.63) is 57.9 Å². The van der Waals surface area contributed by atoms with Crippen LogP contribution in [-0.4, -0.2) is 40.7 Å². The number of nitrogens with zero attached hydrogens (tertiary/aromatic N) is 1. The first-order valence-electron chi connectivity index (χ1n) is 9.82. The Morgan fingerprint density at radius 2 is 2.10 bits per heavy atom. The molecule has 0 saturated carbocycles. The van der Waals surface area contributed by atoms with Gasteiger partial charge in [0.2, 0.25) is 0 Å². The Balaban J connectivity index is 0.00000256. The fourth-order valence-electron chi connectivity index (χ4n) is 3.85. The van der Waals surface area contributed by atoms with Gasteiger partial charge in [0, 0.05) is 17.5 Å². The smallest absolute Gasteiger partial charge is 0.343 e. The van der Waals surface area contributed by atoms with Gasteiger partial charge in [-0.05, 0) is 62.1 Å². The molecular formula is C22H24ClN3O4. The van der Waals surface area contributed by atoms with E-state index in [0.29, 0.717) is 16.9 Å². The van der Waals surface area contributed by atoms with E-state index in [0.717, 1.165) is 36.9 Å². The number of para-hydroxylation sites is 1. The first-order chi connectivity index (χ1) is 14.1. The Morgan fingerprint density at radius 1 is 1.30 bits per heavy atom. The highest BCUT2D eigenvalue weighted by molar-refractivity contribution is 5.94. The standard InChI is InChI=1S/C22H23N3O4.ClH/c1-2-29-22(28)17-10-16-15(13-6-5-9-23-12-13)11-18(24-20(16)25-21(17)27)14-7-3-4-8-19(14)26;/h3-4,7-8,10-11,13,23,26H,2,5-6,9,12H2,1H3,(H,24,25,27);1H. The molecule has 0 bridgehead atoms. The minimum absolute atomic E-state index is 0. The molecule has 3 heterocycles. The number of carbonyl (C=O) groups is 1. The summed E-state index contributed by atoms with van der Waals surface area (Å²) < 4.78 is 5.03. The van der Waals surface area contributed by atoms with Gasteiger partial charge in [-0.3, -0.25) is 4.79 Å². The number of benzene rings is 1. The number of hydrogen-bond acceptors (Lipinski definition) is 6. The second-order valence-electron chi connectivity index (χ2n) is 7.15. The number of nitrogens with one attached hydrogen (secondary N) is 2. The van der Waals surface area contributed by atoms with E-state index in [4.69, 9.17) is 4.74 Å². The van der Waals surface area contributed by atoms with Gasteiger partial charge in [-0.1, -0.05) is 12.1 Å². The molecule has 1 aromatic carbocycles. The van der Waals surface area contributed by atoms with Crippen molar-refractivity contribution < 1.29 is 14.6 Å². The van der Waals surface area contributed by atoms with Gasteiger partial charge in [0.1, 0.15) is 17.0 Å². The van der Waals surface area contributed by atoms with E-state index < -0.39 is 11.5 Å². The maximum absolute atomic E-state index is 12.5. The zero-order valence-corrected chi connectivity index (χ0v) is 17.4. The van der Waals surface area contributed by atoms with Crippen LogP contribution in [0.3, 0.4) is 0 Å². The predicted octanol–water partition coefficient (Wildman–Crippen LogP) is 3.36. The molecule has 0 spiro atoms. The van der Waals surface area contributed by atoms with E-state index in [1.807, 2.05) is 12.1 Å². The van der Waals surface area contributed by atoms with Crippen molar-refractivity contribution in [3.63, 3.8) is 0 Å². The van der Waals surface area contributed by atoms with Crippen LogP contribution in [-0.2, 0) is 4.74 Å². The molecule has 1 unspecified atom stereocenters. The molecule has 1 aliphatic rings. The molecule has 0 aliphatic carbocycles. The van der Waals surface area contributed by atoms with Crippen LogP contribution < -0.4 is 10.9 Å². The predicted molar refractivity (Wildman–Crippen MR) is 118 cm³/mol. The van der Waals surface area contributed by atoms with Crippen molar-refractivity contribution in [1.29, 1.82) is 0 Å². The molecular weight excluding hydrogens is 406 g/mol. The molecule has 2 aromatic heterocycles. The van der Waals surface area contributed by atoms with Crippen molar-refractivity contribution in [3.8, 4) is 17.0 Å². The number of ether oxygens (including phenoxy) is 1. The number of H-pyrrole nitrogens is 1. The van der Waals surface area contributed by atoms with E-state index in [1.165, 1.54) is 0 Å². The zero-order chi connectivity index (χ0) is 20.4. The minimum Gasteiger partial charge on any atom is -0.507 e. The van der Waals surface area contributed by atoms with Crippen LogP contribution in [0.1, 0.15) is 41.6 Å². The SMILES string of the molecule is CCOC(=O)c1cc2c(C3CCCNC3)cc(-c3ccccc3O)nc2[nH]c1=O.Cl. The van der Waals surface area contributed by atoms with Gasteiger partial charge in [0.25, 0.3) is 5.56 Å². The van der Waals surface area contributed by atoms with E-state index in [2.05, 4.69) is 15.3 Å². The average Bonchev–Trinajstić information content (AvgIpc) is 2.73. The van der Waals surface area contributed by atoms with Gasteiger partial charge < -0.3 is 20.1 Å². The molecule has 4 rings (SSSR count). The summed E-state index contributed by atoms with van der Waals surface area (Å²) in [6, 6.07) is 10.5. The number of esters is 1. The molecule has 8 heteroatoms. The highest BCUT2D eigenvalue weighted by atomic mass is 35.5. The lowest BCUT2D eigenvalue weighted by molar-refractivity contribution is 0.0524. The molecule has 1 saturated heterocycles. The summed E-state index contributed by atoms with van der Waals surface area (Å²) in [5.41, 5.74) is 1.99. The van der Waals surface area contributed by atoms with Crippen molar-refractivity contribution in [2.45, 2.75) is 25.7 Å². The minimum atomic E-state index is -0.645. The Labute approximate surface area is 179 Å². The number of aromatic nitrogens is 2. The van der Waals surface area contributed by atoms with E-state index in [-0.39, 0.29) is 36.2 Å². The van der Waals surface area contributed by atoms with E-state index in [9.17, 15) is 14.7 Å². The molecule has 30 heavy (non-hydrogen) atoms. The lowest BCUT2D eigenvalue weighted by atomic mass is 9.88. The van der Waals surface area contributed by atoms with Crippen LogP contribution in [0.5, 0.6) is 5.75 Å². The maximum Gasteiger partial charge on any atom is 0.343 e. The molecule has 3 aromatic rings. The Kier molecular flexibility index (Phi) is 6.74. The summed E-state index contributed by atoms with van der Waals surface area (Å²) in [5, 5.41) is 14.4.